The minimum absolute atomic E-state index is 0.0613. The van der Waals surface area contributed by atoms with Crippen molar-refractivity contribution < 1.29 is 4.79 Å². The minimum atomic E-state index is 0.0613. The summed E-state index contributed by atoms with van der Waals surface area (Å²) in [7, 11) is 0. The zero-order valence-corrected chi connectivity index (χ0v) is 14.1. The lowest BCUT2D eigenvalue weighted by atomic mass is 9.92. The Kier molecular flexibility index (Phi) is 4.26. The van der Waals surface area contributed by atoms with Crippen molar-refractivity contribution in [2.45, 2.75) is 64.5 Å². The van der Waals surface area contributed by atoms with E-state index in [0.717, 1.165) is 31.0 Å². The molecule has 122 valence electrons. The molecule has 22 heavy (non-hydrogen) atoms. The van der Waals surface area contributed by atoms with E-state index in [-0.39, 0.29) is 5.41 Å². The Morgan fingerprint density at radius 3 is 2.59 bits per heavy atom. The second-order valence-corrected chi connectivity index (χ2v) is 7.76. The van der Waals surface area contributed by atoms with Gasteiger partial charge in [-0.3, -0.25) is 14.8 Å². The first kappa shape index (κ1) is 15.5. The molecule has 1 aromatic heterocycles. The molecule has 0 atom stereocenters. The summed E-state index contributed by atoms with van der Waals surface area (Å²) in [6, 6.07) is 2.64. The number of amides is 1. The van der Waals surface area contributed by atoms with Gasteiger partial charge in [-0.25, -0.2) is 0 Å². The lowest BCUT2D eigenvalue weighted by Crippen LogP contribution is -2.53. The number of H-pyrrole nitrogens is 1. The lowest BCUT2D eigenvalue weighted by molar-refractivity contribution is -0.138. The van der Waals surface area contributed by atoms with Gasteiger partial charge in [0.15, 0.2) is 0 Å². The van der Waals surface area contributed by atoms with Gasteiger partial charge >= 0.3 is 0 Å². The second kappa shape index (κ2) is 6.03. The van der Waals surface area contributed by atoms with Gasteiger partial charge in [0.05, 0.1) is 12.2 Å². The maximum absolute atomic E-state index is 12.4. The molecule has 0 radical (unpaired) electrons. The quantitative estimate of drug-likeness (QED) is 0.932. The summed E-state index contributed by atoms with van der Waals surface area (Å²) in [5.41, 5.74) is 2.25. The van der Waals surface area contributed by atoms with Crippen molar-refractivity contribution in [2.75, 3.05) is 19.6 Å². The van der Waals surface area contributed by atoms with Crippen LogP contribution in [-0.4, -0.2) is 51.6 Å². The number of nitrogens with zero attached hydrogens (tertiary/aromatic N) is 3. The smallest absolute Gasteiger partial charge is 0.237 e. The minimum Gasteiger partial charge on any atom is -0.337 e. The average Bonchev–Trinajstić information content (AvgIpc) is 3.09. The zero-order valence-electron chi connectivity index (χ0n) is 14.1. The number of hydrogen-bond acceptors (Lipinski definition) is 3. The average molecular weight is 304 g/mol. The maximum Gasteiger partial charge on any atom is 0.237 e. The number of nitrogens with one attached hydrogen (secondary N) is 1. The molecule has 0 aromatic carbocycles. The van der Waals surface area contributed by atoms with Gasteiger partial charge in [-0.05, 0) is 18.9 Å². The van der Waals surface area contributed by atoms with E-state index < -0.39 is 0 Å². The molecular weight excluding hydrogens is 276 g/mol. The fourth-order valence-corrected chi connectivity index (χ4v) is 3.54. The molecule has 1 amide bonds. The van der Waals surface area contributed by atoms with Crippen molar-refractivity contribution in [3.05, 3.63) is 17.5 Å². The summed E-state index contributed by atoms with van der Waals surface area (Å²) < 4.78 is 0. The molecule has 1 aliphatic heterocycles. The van der Waals surface area contributed by atoms with E-state index in [1.165, 1.54) is 25.7 Å². The molecule has 3 rings (SSSR count). The van der Waals surface area contributed by atoms with Crippen LogP contribution < -0.4 is 0 Å². The van der Waals surface area contributed by atoms with Crippen LogP contribution in [0.25, 0.3) is 0 Å². The SMILES string of the molecule is CC(C)(C)c1cc(CN2CCN(C3CCCC3)C(=O)C2)[nH]n1. The Morgan fingerprint density at radius 1 is 1.27 bits per heavy atom. The molecule has 0 spiro atoms. The second-order valence-electron chi connectivity index (χ2n) is 7.76. The fourth-order valence-electron chi connectivity index (χ4n) is 3.54. The molecule has 0 unspecified atom stereocenters. The number of aromatic nitrogens is 2. The summed E-state index contributed by atoms with van der Waals surface area (Å²) in [5, 5.41) is 7.53. The molecular formula is C17H28N4O. The van der Waals surface area contributed by atoms with Crippen LogP contribution in [0.4, 0.5) is 0 Å². The van der Waals surface area contributed by atoms with Crippen molar-refractivity contribution in [3.8, 4) is 0 Å². The number of hydrogen-bond donors (Lipinski definition) is 1. The van der Waals surface area contributed by atoms with Crippen LogP contribution in [0.3, 0.4) is 0 Å². The summed E-state index contributed by atoms with van der Waals surface area (Å²) in [6.07, 6.45) is 4.95. The van der Waals surface area contributed by atoms with Crippen molar-refractivity contribution in [1.82, 2.24) is 20.0 Å². The van der Waals surface area contributed by atoms with Crippen LogP contribution in [-0.2, 0) is 16.8 Å². The third kappa shape index (κ3) is 3.35. The largest absolute Gasteiger partial charge is 0.337 e. The van der Waals surface area contributed by atoms with E-state index in [1.54, 1.807) is 0 Å². The first-order valence-corrected chi connectivity index (χ1v) is 8.50. The molecule has 5 heteroatoms. The molecule has 1 aliphatic carbocycles. The van der Waals surface area contributed by atoms with Gasteiger partial charge in [0.25, 0.3) is 0 Å². The first-order valence-electron chi connectivity index (χ1n) is 8.50. The van der Waals surface area contributed by atoms with E-state index in [0.29, 0.717) is 18.5 Å². The van der Waals surface area contributed by atoms with E-state index in [2.05, 4.69) is 46.8 Å². The highest BCUT2D eigenvalue weighted by Gasteiger charge is 2.31. The van der Waals surface area contributed by atoms with Gasteiger partial charge < -0.3 is 4.90 Å². The molecule has 1 saturated heterocycles. The maximum atomic E-state index is 12.4. The molecule has 1 aromatic rings. The molecule has 2 fully saturated rings. The standard InChI is InChI=1S/C17H28N4O/c1-17(2,3)15-10-13(18-19-15)11-20-8-9-21(16(22)12-20)14-6-4-5-7-14/h10,14H,4-9,11-12H2,1-3H3,(H,18,19). The Balaban J connectivity index is 1.56. The molecule has 5 nitrogen and oxygen atoms in total. The van der Waals surface area contributed by atoms with Crippen molar-refractivity contribution in [1.29, 1.82) is 0 Å². The van der Waals surface area contributed by atoms with Crippen LogP contribution in [0.5, 0.6) is 0 Å². The van der Waals surface area contributed by atoms with Crippen LogP contribution in [0.15, 0.2) is 6.07 Å². The van der Waals surface area contributed by atoms with Gasteiger partial charge in [0.2, 0.25) is 5.91 Å². The van der Waals surface area contributed by atoms with Crippen LogP contribution in [0.2, 0.25) is 0 Å². The number of aromatic amines is 1. The van der Waals surface area contributed by atoms with E-state index in [4.69, 9.17) is 0 Å². The Labute approximate surface area is 133 Å². The molecule has 2 aliphatic rings. The van der Waals surface area contributed by atoms with Gasteiger partial charge in [0, 0.05) is 36.8 Å². The number of rotatable bonds is 3. The van der Waals surface area contributed by atoms with Crippen molar-refractivity contribution in [3.63, 3.8) is 0 Å². The fraction of sp³-hybridized carbons (Fsp3) is 0.765. The Bertz CT molecular complexity index is 525. The predicted molar refractivity (Wildman–Crippen MR) is 86.5 cm³/mol. The highest BCUT2D eigenvalue weighted by molar-refractivity contribution is 5.79. The van der Waals surface area contributed by atoms with Gasteiger partial charge in [0.1, 0.15) is 0 Å². The third-order valence-corrected chi connectivity index (χ3v) is 4.90. The summed E-state index contributed by atoms with van der Waals surface area (Å²) in [6.45, 7) is 9.66. The Morgan fingerprint density at radius 2 is 2.00 bits per heavy atom. The van der Waals surface area contributed by atoms with Crippen LogP contribution in [0, 0.1) is 0 Å². The molecule has 1 N–H and O–H groups in total. The topological polar surface area (TPSA) is 52.2 Å². The summed E-state index contributed by atoms with van der Waals surface area (Å²) in [5.74, 6) is 0.300. The zero-order chi connectivity index (χ0) is 15.7. The number of carbonyl (C=O) groups excluding carboxylic acids is 1. The van der Waals surface area contributed by atoms with E-state index in [1.807, 2.05) is 0 Å². The van der Waals surface area contributed by atoms with E-state index >= 15 is 0 Å². The van der Waals surface area contributed by atoms with Crippen LogP contribution >= 0.6 is 0 Å². The van der Waals surface area contributed by atoms with Gasteiger partial charge in [-0.1, -0.05) is 33.6 Å². The lowest BCUT2D eigenvalue weighted by Gasteiger charge is -2.37. The van der Waals surface area contributed by atoms with Crippen LogP contribution in [0.1, 0.15) is 57.8 Å². The summed E-state index contributed by atoms with van der Waals surface area (Å²) >= 11 is 0. The predicted octanol–water partition coefficient (Wildman–Crippen LogP) is 2.29. The highest BCUT2D eigenvalue weighted by Crippen LogP contribution is 2.25. The van der Waals surface area contributed by atoms with Crippen molar-refractivity contribution >= 4 is 5.91 Å². The van der Waals surface area contributed by atoms with Crippen molar-refractivity contribution in [2.24, 2.45) is 0 Å². The molecule has 1 saturated carbocycles. The number of carbonyl (C=O) groups is 1. The van der Waals surface area contributed by atoms with E-state index in [9.17, 15) is 4.79 Å². The Hall–Kier alpha value is -1.36. The molecule has 2 heterocycles. The highest BCUT2D eigenvalue weighted by atomic mass is 16.2. The number of piperazine rings is 1. The van der Waals surface area contributed by atoms with Gasteiger partial charge in [-0.15, -0.1) is 0 Å². The monoisotopic (exact) mass is 304 g/mol. The summed E-state index contributed by atoms with van der Waals surface area (Å²) in [4.78, 5) is 16.8. The third-order valence-electron chi connectivity index (χ3n) is 4.90. The first-order chi connectivity index (χ1) is 10.4. The van der Waals surface area contributed by atoms with Gasteiger partial charge in [-0.2, -0.15) is 5.10 Å². The molecule has 0 bridgehead atoms. The normalized spacial score (nSPS) is 21.8.